The lowest BCUT2D eigenvalue weighted by Crippen LogP contribution is -2.00. The Morgan fingerprint density at radius 3 is 1.16 bits per heavy atom. The van der Waals surface area contributed by atoms with Crippen LogP contribution in [-0.4, -0.2) is 59.2 Å². The Labute approximate surface area is 439 Å². The Morgan fingerprint density at radius 1 is 0.588 bits per heavy atom. The van der Waals surface area contributed by atoms with Crippen LogP contribution in [0.4, 0.5) is 0 Å². The number of benzene rings is 2. The molecule has 0 fully saturated rings. The number of nitrogens with zero attached hydrogens (tertiary/aromatic N) is 5. The zero-order chi connectivity index (χ0) is 54.6. The van der Waals surface area contributed by atoms with Crippen LogP contribution in [0.3, 0.4) is 0 Å². The van der Waals surface area contributed by atoms with Crippen molar-refractivity contribution in [3.05, 3.63) is 161 Å². The van der Waals surface area contributed by atoms with Gasteiger partial charge in [0, 0.05) is 43.7 Å². The van der Waals surface area contributed by atoms with Gasteiger partial charge in [-0.2, -0.15) is 0 Å². The van der Waals surface area contributed by atoms with E-state index in [0.29, 0.717) is 10.8 Å². The van der Waals surface area contributed by atoms with Gasteiger partial charge in [-0.1, -0.05) is 200 Å². The topological polar surface area (TPSA) is 54.3 Å². The molecule has 5 nitrogen and oxygen atoms in total. The Hall–Kier alpha value is -3.75. The Balaban J connectivity index is -0.000000121. The molecule has 0 bridgehead atoms. The molecule has 0 spiro atoms. The number of aliphatic imine (C=N–C) groups is 1. The fourth-order valence-corrected chi connectivity index (χ4v) is 2.93. The van der Waals surface area contributed by atoms with E-state index in [1.165, 1.54) is 46.2 Å². The molecule has 0 unspecified atom stereocenters. The van der Waals surface area contributed by atoms with E-state index < -0.39 is 0 Å². The summed E-state index contributed by atoms with van der Waals surface area (Å²) in [6.07, 6.45) is 14.4. The van der Waals surface area contributed by atoms with Crippen LogP contribution in [0.15, 0.2) is 127 Å². The number of aryl methyl sites for hydroxylation is 6. The second kappa shape index (κ2) is 55.8. The van der Waals surface area contributed by atoms with Crippen molar-refractivity contribution >= 4 is 28.8 Å². The molecule has 0 aliphatic rings. The molecule has 3 aromatic heterocycles. The van der Waals surface area contributed by atoms with E-state index in [1.54, 1.807) is 38.0 Å². The van der Waals surface area contributed by atoms with Gasteiger partial charge in [-0.05, 0) is 174 Å². The van der Waals surface area contributed by atoms with Crippen molar-refractivity contribution in [1.29, 1.82) is 0 Å². The number of rotatable bonds is 2. The minimum absolute atomic E-state index is 0.500. The Bertz CT molecular complexity index is 1550. The second-order valence-electron chi connectivity index (χ2n) is 20.2. The first-order valence-corrected chi connectivity index (χ1v) is 26.7. The van der Waals surface area contributed by atoms with E-state index in [0.717, 1.165) is 24.0 Å². The van der Waals surface area contributed by atoms with Gasteiger partial charge in [0.15, 0.2) is 0 Å². The molecule has 6 heteroatoms. The van der Waals surface area contributed by atoms with E-state index in [1.807, 2.05) is 113 Å². The fraction of sp³-hybridized carbons (Fsp3) is 0.548. The predicted molar refractivity (Wildman–Crippen MR) is 324 cm³/mol. The second-order valence-corrected chi connectivity index (χ2v) is 20.2. The number of alkyl halides is 1. The molecule has 3 heterocycles. The highest BCUT2D eigenvalue weighted by Crippen LogP contribution is 2.16. The van der Waals surface area contributed by atoms with Crippen molar-refractivity contribution in [2.45, 2.75) is 172 Å². The summed E-state index contributed by atoms with van der Waals surface area (Å²) in [5, 5.41) is 0. The van der Waals surface area contributed by atoms with Crippen LogP contribution >= 0.6 is 22.6 Å². The molecular weight excluding hydrogens is 942 g/mol. The van der Waals surface area contributed by atoms with E-state index >= 15 is 0 Å². The van der Waals surface area contributed by atoms with Crippen molar-refractivity contribution in [3.8, 4) is 0 Å². The number of aromatic nitrogens is 3. The average molecular weight is 1050 g/mol. The summed E-state index contributed by atoms with van der Waals surface area (Å²) in [7, 11) is 7.75. The first kappa shape index (κ1) is 78.4. The molecule has 0 N–H and O–H groups in total. The quantitative estimate of drug-likeness (QED) is 0.100. The largest absolute Gasteiger partial charge is 0.312 e. The van der Waals surface area contributed by atoms with Gasteiger partial charge in [0.05, 0.1) is 0 Å². The summed E-state index contributed by atoms with van der Waals surface area (Å²) in [6.45, 7) is 47.4. The molecule has 0 aliphatic carbocycles. The summed E-state index contributed by atoms with van der Waals surface area (Å²) < 4.78 is 0. The molecule has 0 amide bonds. The van der Waals surface area contributed by atoms with E-state index in [4.69, 9.17) is 0 Å². The zero-order valence-electron chi connectivity index (χ0n) is 49.5. The molecule has 0 saturated heterocycles. The van der Waals surface area contributed by atoms with Crippen molar-refractivity contribution < 1.29 is 0 Å². The van der Waals surface area contributed by atoms with Gasteiger partial charge in [0.25, 0.3) is 0 Å². The SMILES string of the molecule is CC(C)(C)C.CC(C)C.CC=NC.CCC(C)(C)C.CCC(C)C.CCc1ccccc1.CI.CN(C)C.Cc1cccc(C)c1C.Cc1ccccn1.Cc1cccnc1.Cc1ccncc1. The van der Waals surface area contributed by atoms with Crippen molar-refractivity contribution in [2.75, 3.05) is 33.1 Å². The lowest BCUT2D eigenvalue weighted by Gasteiger charge is -2.12. The molecule has 0 radical (unpaired) electrons. The first-order chi connectivity index (χ1) is 31.5. The van der Waals surface area contributed by atoms with E-state index in [2.05, 4.69) is 210 Å². The van der Waals surface area contributed by atoms with Crippen LogP contribution in [0.2, 0.25) is 0 Å². The molecule has 2 aromatic carbocycles. The molecule has 5 aromatic rings. The molecule has 68 heavy (non-hydrogen) atoms. The maximum absolute atomic E-state index is 3.98. The van der Waals surface area contributed by atoms with Gasteiger partial charge >= 0.3 is 0 Å². The Morgan fingerprint density at radius 2 is 0.985 bits per heavy atom. The normalized spacial score (nSPS) is 9.40. The minimum atomic E-state index is 0.500. The molecule has 0 saturated carbocycles. The Kier molecular flexibility index (Phi) is 64.4. The van der Waals surface area contributed by atoms with Crippen molar-refractivity contribution in [1.82, 2.24) is 19.9 Å². The third-order valence-electron chi connectivity index (χ3n) is 7.73. The third-order valence-corrected chi connectivity index (χ3v) is 7.73. The van der Waals surface area contributed by atoms with Crippen molar-refractivity contribution in [2.24, 2.45) is 27.7 Å². The van der Waals surface area contributed by atoms with Crippen LogP contribution in [-0.2, 0) is 6.42 Å². The highest BCUT2D eigenvalue weighted by Gasteiger charge is 2.03. The average Bonchev–Trinajstić information content (AvgIpc) is 3.27. The third kappa shape index (κ3) is 92.5. The standard InChI is InChI=1S/C9H12.C8H10.3C6H7N.C6H14.2C5H12.C4H10.C3H9N.C3H7N.CH3I/c1-7-5-4-6-8(2)9(7)3;1-2-8-6-4-3-5-7-8;1-6-2-4-7-5-3-6;1-6-3-2-4-7-5-6;1-6-4-2-3-5-7-6;1-5-6(2,3)4;1-5(2,3)4;1-4-5(2)3;2*1-4(2)3;1-3-4-2;1-2/h4-6H,1-3H3;3-7H,2H2,1H3;3*2-5H,1H3;5H2,1-4H3;1-4H3;5H,4H2,1-3H3;4H,1-3H3;1-3H3;3H,1-2H3;1H3. The molecular formula is C62H110IN5. The maximum Gasteiger partial charge on any atom is 0.0372 e. The molecule has 5 rings (SSSR count). The van der Waals surface area contributed by atoms with Gasteiger partial charge in [0.1, 0.15) is 0 Å². The monoisotopic (exact) mass is 1050 g/mol. The minimum Gasteiger partial charge on any atom is -0.312 e. The lowest BCUT2D eigenvalue weighted by atomic mass is 9.94. The van der Waals surface area contributed by atoms with E-state index in [-0.39, 0.29) is 0 Å². The van der Waals surface area contributed by atoms with Crippen LogP contribution in [0.25, 0.3) is 0 Å². The van der Waals surface area contributed by atoms with Gasteiger partial charge < -0.3 is 9.89 Å². The zero-order valence-corrected chi connectivity index (χ0v) is 51.7. The summed E-state index contributed by atoms with van der Waals surface area (Å²) >= 11 is 2.15. The number of halogens is 1. The molecule has 0 aliphatic heterocycles. The van der Waals surface area contributed by atoms with Gasteiger partial charge in [-0.15, -0.1) is 0 Å². The lowest BCUT2D eigenvalue weighted by molar-refractivity contribution is 0.398. The van der Waals surface area contributed by atoms with Gasteiger partial charge in [-0.25, -0.2) is 0 Å². The summed E-state index contributed by atoms with van der Waals surface area (Å²) in [5.74, 6) is 1.72. The summed E-state index contributed by atoms with van der Waals surface area (Å²) in [4.78, 5) is 19.3. The smallest absolute Gasteiger partial charge is 0.0372 e. The molecule has 0 atom stereocenters. The van der Waals surface area contributed by atoms with Crippen LogP contribution < -0.4 is 0 Å². The van der Waals surface area contributed by atoms with Crippen LogP contribution in [0.5, 0.6) is 0 Å². The number of hydrogen-bond acceptors (Lipinski definition) is 5. The maximum atomic E-state index is 3.98. The van der Waals surface area contributed by atoms with Crippen LogP contribution in [0, 0.1) is 64.2 Å². The van der Waals surface area contributed by atoms with E-state index in [9.17, 15) is 0 Å². The van der Waals surface area contributed by atoms with Gasteiger partial charge in [0.2, 0.25) is 0 Å². The fourth-order valence-electron chi connectivity index (χ4n) is 2.93. The highest BCUT2D eigenvalue weighted by atomic mass is 127. The predicted octanol–water partition coefficient (Wildman–Crippen LogP) is 19.2. The van der Waals surface area contributed by atoms with Crippen LogP contribution in [0.1, 0.15) is 163 Å². The van der Waals surface area contributed by atoms with Gasteiger partial charge in [-0.3, -0.25) is 15.0 Å². The first-order valence-electron chi connectivity index (χ1n) is 24.6. The summed E-state index contributed by atoms with van der Waals surface area (Å²) in [6, 6.07) is 30.6. The number of pyridine rings is 3. The number of hydrogen-bond donors (Lipinski definition) is 0. The molecule has 390 valence electrons. The summed E-state index contributed by atoms with van der Waals surface area (Å²) in [5.41, 5.74) is 10.2. The van der Waals surface area contributed by atoms with Crippen molar-refractivity contribution in [3.63, 3.8) is 0 Å². The highest BCUT2D eigenvalue weighted by molar-refractivity contribution is 14.1.